The third kappa shape index (κ3) is 2.16. The van der Waals surface area contributed by atoms with Gasteiger partial charge in [0.1, 0.15) is 0 Å². The number of hydrogen-bond acceptors (Lipinski definition) is 5. The highest BCUT2D eigenvalue weighted by Gasteiger charge is 2.45. The first-order valence-corrected chi connectivity index (χ1v) is 6.02. The van der Waals surface area contributed by atoms with E-state index in [1.165, 1.54) is 0 Å². The molecule has 2 N–H and O–H groups in total. The summed E-state index contributed by atoms with van der Waals surface area (Å²) in [4.78, 5) is 9.08. The van der Waals surface area contributed by atoms with Crippen LogP contribution in [-0.4, -0.2) is 41.5 Å². The number of rotatable bonds is 1. The van der Waals surface area contributed by atoms with E-state index in [4.69, 9.17) is 23.8 Å². The SMILES string of the molecule is O=P1(O)O[C@H]2C[C@@H](CO)OCC[C@H]2O1. The van der Waals surface area contributed by atoms with Crippen molar-refractivity contribution in [1.82, 2.24) is 0 Å². The van der Waals surface area contributed by atoms with E-state index in [2.05, 4.69) is 0 Å². The molecule has 2 aliphatic rings. The van der Waals surface area contributed by atoms with Crippen molar-refractivity contribution in [1.29, 1.82) is 0 Å². The summed E-state index contributed by atoms with van der Waals surface area (Å²) < 4.78 is 26.1. The smallest absolute Gasteiger partial charge is 0.394 e. The van der Waals surface area contributed by atoms with Crippen molar-refractivity contribution in [2.45, 2.75) is 31.2 Å². The average molecular weight is 224 g/mol. The van der Waals surface area contributed by atoms with Crippen LogP contribution in [0.4, 0.5) is 0 Å². The zero-order valence-corrected chi connectivity index (χ0v) is 8.43. The lowest BCUT2D eigenvalue weighted by molar-refractivity contribution is 0.00571. The first-order chi connectivity index (χ1) is 6.61. The van der Waals surface area contributed by atoms with Gasteiger partial charge in [0.15, 0.2) is 0 Å². The largest absolute Gasteiger partial charge is 0.472 e. The molecule has 0 amide bonds. The Balaban J connectivity index is 2.05. The number of fused-ring (bicyclic) bond motifs is 1. The second-order valence-corrected chi connectivity index (χ2v) is 4.81. The van der Waals surface area contributed by atoms with Gasteiger partial charge in [0, 0.05) is 19.4 Å². The van der Waals surface area contributed by atoms with E-state index in [0.29, 0.717) is 19.4 Å². The van der Waals surface area contributed by atoms with Crippen molar-refractivity contribution in [2.24, 2.45) is 0 Å². The van der Waals surface area contributed by atoms with Crippen LogP contribution in [0.3, 0.4) is 0 Å². The summed E-state index contributed by atoms with van der Waals surface area (Å²) in [6.45, 7) is 0.304. The minimum atomic E-state index is -3.84. The third-order valence-electron chi connectivity index (χ3n) is 2.41. The van der Waals surface area contributed by atoms with Gasteiger partial charge in [0.2, 0.25) is 0 Å². The van der Waals surface area contributed by atoms with Crippen molar-refractivity contribution in [3.8, 4) is 0 Å². The summed E-state index contributed by atoms with van der Waals surface area (Å²) in [5, 5.41) is 8.91. The predicted octanol–water partition coefficient (Wildman–Crippen LogP) is 0.0421. The van der Waals surface area contributed by atoms with Crippen LogP contribution in [0.5, 0.6) is 0 Å². The van der Waals surface area contributed by atoms with Gasteiger partial charge in [0.05, 0.1) is 24.9 Å². The second-order valence-electron chi connectivity index (χ2n) is 3.46. The number of aliphatic hydroxyl groups is 1. The Morgan fingerprint density at radius 3 is 2.79 bits per heavy atom. The van der Waals surface area contributed by atoms with E-state index in [1.807, 2.05) is 0 Å². The van der Waals surface area contributed by atoms with Crippen LogP contribution in [0.25, 0.3) is 0 Å². The Morgan fingerprint density at radius 1 is 1.36 bits per heavy atom. The molecule has 2 fully saturated rings. The van der Waals surface area contributed by atoms with Crippen molar-refractivity contribution in [3.05, 3.63) is 0 Å². The molecule has 2 saturated heterocycles. The Labute approximate surface area is 81.4 Å². The first-order valence-electron chi connectivity index (χ1n) is 4.53. The van der Waals surface area contributed by atoms with Crippen LogP contribution in [-0.2, 0) is 18.3 Å². The van der Waals surface area contributed by atoms with Gasteiger partial charge in [-0.1, -0.05) is 0 Å². The molecule has 0 bridgehead atoms. The number of ether oxygens (including phenoxy) is 1. The highest BCUT2D eigenvalue weighted by molar-refractivity contribution is 7.47. The Morgan fingerprint density at radius 2 is 2.07 bits per heavy atom. The summed E-state index contributed by atoms with van der Waals surface area (Å²) in [7, 11) is -3.84. The minimum absolute atomic E-state index is 0.109. The highest BCUT2D eigenvalue weighted by atomic mass is 31.2. The molecule has 0 aromatic rings. The van der Waals surface area contributed by atoms with E-state index in [9.17, 15) is 4.57 Å². The van der Waals surface area contributed by atoms with Gasteiger partial charge in [-0.15, -0.1) is 0 Å². The summed E-state index contributed by atoms with van der Waals surface area (Å²) in [6, 6.07) is 0. The van der Waals surface area contributed by atoms with Crippen LogP contribution >= 0.6 is 7.82 Å². The maximum Gasteiger partial charge on any atom is 0.472 e. The zero-order chi connectivity index (χ0) is 10.2. The fraction of sp³-hybridized carbons (Fsp3) is 1.00. The zero-order valence-electron chi connectivity index (χ0n) is 7.54. The number of phosphoric acid groups is 1. The molecule has 0 radical (unpaired) electrons. The molecule has 7 heteroatoms. The summed E-state index contributed by atoms with van der Waals surface area (Å²) in [6.07, 6.45) is -0.239. The van der Waals surface area contributed by atoms with E-state index >= 15 is 0 Å². The van der Waals surface area contributed by atoms with Gasteiger partial charge < -0.3 is 14.7 Å². The Bertz CT molecular complexity index is 257. The molecule has 1 unspecified atom stereocenters. The third-order valence-corrected chi connectivity index (χ3v) is 3.48. The molecular weight excluding hydrogens is 211 g/mol. The molecular formula is C7H13O6P. The molecule has 4 atom stereocenters. The summed E-state index contributed by atoms with van der Waals surface area (Å²) >= 11 is 0. The fourth-order valence-corrected chi connectivity index (χ4v) is 2.94. The quantitative estimate of drug-likeness (QED) is 0.612. The first kappa shape index (κ1) is 10.5. The Kier molecular flexibility index (Phi) is 2.93. The van der Waals surface area contributed by atoms with Crippen molar-refractivity contribution in [2.75, 3.05) is 13.2 Å². The van der Waals surface area contributed by atoms with E-state index in [0.717, 1.165) is 0 Å². The van der Waals surface area contributed by atoms with Crippen LogP contribution < -0.4 is 0 Å². The van der Waals surface area contributed by atoms with Gasteiger partial charge in [-0.3, -0.25) is 9.05 Å². The molecule has 2 heterocycles. The number of phosphoric ester groups is 1. The van der Waals surface area contributed by atoms with Crippen molar-refractivity contribution in [3.63, 3.8) is 0 Å². The van der Waals surface area contributed by atoms with Gasteiger partial charge in [-0.2, -0.15) is 0 Å². The second kappa shape index (κ2) is 3.89. The monoisotopic (exact) mass is 224 g/mol. The molecule has 6 nitrogen and oxygen atoms in total. The lowest BCUT2D eigenvalue weighted by Gasteiger charge is -2.14. The molecule has 0 aromatic heterocycles. The van der Waals surface area contributed by atoms with E-state index in [-0.39, 0.29) is 18.8 Å². The minimum Gasteiger partial charge on any atom is -0.394 e. The molecule has 82 valence electrons. The molecule has 0 spiro atoms. The topological polar surface area (TPSA) is 85.2 Å². The maximum atomic E-state index is 11.1. The predicted molar refractivity (Wildman–Crippen MR) is 45.6 cm³/mol. The summed E-state index contributed by atoms with van der Waals surface area (Å²) in [5.41, 5.74) is 0. The Hall–Kier alpha value is 0.0300. The number of hydrogen-bond donors (Lipinski definition) is 2. The normalized spacial score (nSPS) is 48.6. The van der Waals surface area contributed by atoms with Crippen LogP contribution in [0, 0.1) is 0 Å². The lowest BCUT2D eigenvalue weighted by atomic mass is 10.1. The van der Waals surface area contributed by atoms with Gasteiger partial charge in [-0.25, -0.2) is 4.57 Å². The van der Waals surface area contributed by atoms with Crippen LogP contribution in [0.1, 0.15) is 12.8 Å². The van der Waals surface area contributed by atoms with Crippen LogP contribution in [0.15, 0.2) is 0 Å². The molecule has 2 rings (SSSR count). The van der Waals surface area contributed by atoms with Gasteiger partial charge in [-0.05, 0) is 0 Å². The van der Waals surface area contributed by atoms with Gasteiger partial charge in [0.25, 0.3) is 0 Å². The van der Waals surface area contributed by atoms with Gasteiger partial charge >= 0.3 is 7.82 Å². The lowest BCUT2D eigenvalue weighted by Crippen LogP contribution is -2.26. The van der Waals surface area contributed by atoms with E-state index < -0.39 is 13.9 Å². The standard InChI is InChI=1S/C7H13O6P/c8-4-5-3-7-6(1-2-11-5)12-14(9,10)13-7/h5-8H,1-4H2,(H,9,10)/t5-,6+,7-/m0/s1. The molecule has 2 aliphatic heterocycles. The summed E-state index contributed by atoms with van der Waals surface area (Å²) in [5.74, 6) is 0. The molecule has 0 aliphatic carbocycles. The number of aliphatic hydroxyl groups excluding tert-OH is 1. The maximum absolute atomic E-state index is 11.1. The molecule has 14 heavy (non-hydrogen) atoms. The molecule has 0 saturated carbocycles. The van der Waals surface area contributed by atoms with Crippen molar-refractivity contribution >= 4 is 7.82 Å². The average Bonchev–Trinajstić information content (AvgIpc) is 2.30. The fourth-order valence-electron chi connectivity index (χ4n) is 1.74. The molecule has 0 aromatic carbocycles. The van der Waals surface area contributed by atoms with Crippen molar-refractivity contribution < 1.29 is 28.3 Å². The highest BCUT2D eigenvalue weighted by Crippen LogP contribution is 2.54. The van der Waals surface area contributed by atoms with Crippen LogP contribution in [0.2, 0.25) is 0 Å². The van der Waals surface area contributed by atoms with E-state index in [1.54, 1.807) is 0 Å².